The first-order chi connectivity index (χ1) is 17.1. The molecule has 1 aliphatic heterocycles. The van der Waals surface area contributed by atoms with Crippen LogP contribution >= 0.6 is 23.7 Å². The molecule has 0 atom stereocenters. The van der Waals surface area contributed by atoms with Crippen molar-refractivity contribution in [1.29, 1.82) is 0 Å². The molecular formula is C26H30ClN3O5S2. The lowest BCUT2D eigenvalue weighted by Gasteiger charge is -2.30. The summed E-state index contributed by atoms with van der Waals surface area (Å²) in [5, 5.41) is 3.30. The topological polar surface area (TPSA) is 96.0 Å². The molecule has 1 N–H and O–H groups in total. The summed E-state index contributed by atoms with van der Waals surface area (Å²) in [7, 11) is -0.980. The number of fused-ring (bicyclic) bond motifs is 1. The van der Waals surface area contributed by atoms with Gasteiger partial charge in [0.25, 0.3) is 15.9 Å². The number of methoxy groups -OCH3 is 1. The summed E-state index contributed by atoms with van der Waals surface area (Å²) in [5.41, 5.74) is 2.14. The van der Waals surface area contributed by atoms with Gasteiger partial charge < -0.3 is 10.1 Å². The molecule has 8 nitrogen and oxygen atoms in total. The van der Waals surface area contributed by atoms with Gasteiger partial charge in [0.2, 0.25) is 0 Å². The Morgan fingerprint density at radius 2 is 1.73 bits per heavy atom. The highest BCUT2D eigenvalue weighted by Crippen LogP contribution is 2.38. The Kier molecular flexibility index (Phi) is 9.01. The first-order valence-electron chi connectivity index (χ1n) is 11.6. The van der Waals surface area contributed by atoms with E-state index in [0.29, 0.717) is 35.3 Å². The lowest BCUT2D eigenvalue weighted by Crippen LogP contribution is -2.35. The van der Waals surface area contributed by atoms with Gasteiger partial charge in [0, 0.05) is 36.6 Å². The first-order valence-corrected chi connectivity index (χ1v) is 13.8. The number of para-hydroxylation sites is 1. The van der Waals surface area contributed by atoms with Crippen molar-refractivity contribution in [3.05, 3.63) is 76.2 Å². The van der Waals surface area contributed by atoms with Gasteiger partial charge in [-0.1, -0.05) is 18.2 Å². The summed E-state index contributed by atoms with van der Waals surface area (Å²) in [4.78, 5) is 29.1. The largest absolute Gasteiger partial charge is 0.465 e. The molecule has 3 aromatic rings. The van der Waals surface area contributed by atoms with E-state index in [-0.39, 0.29) is 22.9 Å². The molecule has 198 valence electrons. The molecule has 2 heterocycles. The van der Waals surface area contributed by atoms with Gasteiger partial charge in [0.1, 0.15) is 5.00 Å². The van der Waals surface area contributed by atoms with Crippen LogP contribution in [0.2, 0.25) is 0 Å². The number of esters is 1. The zero-order valence-corrected chi connectivity index (χ0v) is 23.5. The first kappa shape index (κ1) is 28.6. The van der Waals surface area contributed by atoms with E-state index < -0.39 is 21.9 Å². The molecule has 1 amide bonds. The number of hydrogen-bond acceptors (Lipinski definition) is 7. The van der Waals surface area contributed by atoms with Crippen LogP contribution in [0.4, 0.5) is 10.7 Å². The second kappa shape index (κ2) is 11.6. The monoisotopic (exact) mass is 563 g/mol. The highest BCUT2D eigenvalue weighted by atomic mass is 35.5. The third-order valence-corrected chi connectivity index (χ3v) is 9.26. The fraction of sp³-hybridized carbons (Fsp3) is 0.308. The van der Waals surface area contributed by atoms with Crippen LogP contribution in [0, 0.1) is 0 Å². The third-order valence-electron chi connectivity index (χ3n) is 6.33. The molecule has 0 aliphatic carbocycles. The number of sulfonamides is 1. The smallest absolute Gasteiger partial charge is 0.341 e. The number of hydrogen-bond donors (Lipinski definition) is 1. The summed E-state index contributed by atoms with van der Waals surface area (Å²) < 4.78 is 32.2. The molecular weight excluding hydrogens is 534 g/mol. The van der Waals surface area contributed by atoms with Gasteiger partial charge in [-0.05, 0) is 62.2 Å². The van der Waals surface area contributed by atoms with Crippen LogP contribution in [0.1, 0.15) is 45.0 Å². The molecule has 4 rings (SSSR count). The maximum Gasteiger partial charge on any atom is 0.341 e. The molecule has 37 heavy (non-hydrogen) atoms. The number of halogens is 1. The molecule has 0 saturated heterocycles. The summed E-state index contributed by atoms with van der Waals surface area (Å²) in [6, 6.07) is 14.9. The SMILES string of the molecule is COC(=O)c1c(NC(=O)c2ccc(S(=O)(=O)N(C)c3ccccc3)cc2)sc2c1CCN(C(C)C)C2.Cl. The van der Waals surface area contributed by atoms with Gasteiger partial charge in [0.05, 0.1) is 23.3 Å². The maximum atomic E-state index is 13.1. The predicted molar refractivity (Wildman–Crippen MR) is 149 cm³/mol. The lowest BCUT2D eigenvalue weighted by molar-refractivity contribution is 0.0600. The minimum atomic E-state index is -3.79. The van der Waals surface area contributed by atoms with Gasteiger partial charge in [-0.15, -0.1) is 23.7 Å². The van der Waals surface area contributed by atoms with E-state index in [1.807, 2.05) is 6.07 Å². The zero-order valence-electron chi connectivity index (χ0n) is 21.1. The minimum absolute atomic E-state index is 0. The fourth-order valence-electron chi connectivity index (χ4n) is 4.16. The van der Waals surface area contributed by atoms with Crippen LogP contribution in [-0.2, 0) is 27.7 Å². The van der Waals surface area contributed by atoms with Crippen molar-refractivity contribution < 1.29 is 22.7 Å². The van der Waals surface area contributed by atoms with Crippen molar-refractivity contribution >= 4 is 56.3 Å². The number of anilines is 2. The summed E-state index contributed by atoms with van der Waals surface area (Å²) in [5.74, 6) is -0.911. The van der Waals surface area contributed by atoms with E-state index in [2.05, 4.69) is 24.1 Å². The number of rotatable bonds is 7. The van der Waals surface area contributed by atoms with Crippen LogP contribution < -0.4 is 9.62 Å². The highest BCUT2D eigenvalue weighted by Gasteiger charge is 2.30. The van der Waals surface area contributed by atoms with Gasteiger partial charge in [-0.2, -0.15) is 0 Å². The number of carbonyl (C=O) groups excluding carboxylic acids is 2. The van der Waals surface area contributed by atoms with Crippen LogP contribution in [-0.4, -0.2) is 51.9 Å². The van der Waals surface area contributed by atoms with E-state index in [9.17, 15) is 18.0 Å². The van der Waals surface area contributed by atoms with Crippen molar-refractivity contribution in [2.24, 2.45) is 0 Å². The van der Waals surface area contributed by atoms with Crippen molar-refractivity contribution in [3.8, 4) is 0 Å². The van der Waals surface area contributed by atoms with Crippen molar-refractivity contribution in [3.63, 3.8) is 0 Å². The standard InChI is InChI=1S/C26H29N3O5S2.ClH/c1-17(2)29-15-14-21-22(16-29)35-25(23(21)26(31)34-4)27-24(30)18-10-12-20(13-11-18)36(32,33)28(3)19-8-6-5-7-9-19;/h5-13,17H,14-16H2,1-4H3,(H,27,30);1H. The normalized spacial score (nSPS) is 13.4. The number of benzene rings is 2. The van der Waals surface area contributed by atoms with E-state index in [0.717, 1.165) is 17.0 Å². The number of nitrogens with one attached hydrogen (secondary N) is 1. The number of amides is 1. The summed E-state index contributed by atoms with van der Waals surface area (Å²) in [6.45, 7) is 5.79. The zero-order chi connectivity index (χ0) is 26.0. The van der Waals surface area contributed by atoms with E-state index in [1.165, 1.54) is 54.1 Å². The molecule has 2 aromatic carbocycles. The number of nitrogens with zero attached hydrogens (tertiary/aromatic N) is 2. The molecule has 0 fully saturated rings. The number of thiophene rings is 1. The Morgan fingerprint density at radius 1 is 1.08 bits per heavy atom. The summed E-state index contributed by atoms with van der Waals surface area (Å²) in [6.07, 6.45) is 0.700. The van der Waals surface area contributed by atoms with Crippen molar-refractivity contribution in [2.45, 2.75) is 37.8 Å². The second-order valence-corrected chi connectivity index (χ2v) is 11.9. The summed E-state index contributed by atoms with van der Waals surface area (Å²) >= 11 is 1.38. The quantitative estimate of drug-likeness (QED) is 0.415. The van der Waals surface area contributed by atoms with Crippen molar-refractivity contribution in [2.75, 3.05) is 30.3 Å². The Hall–Kier alpha value is -2.92. The Labute approximate surface area is 227 Å². The second-order valence-electron chi connectivity index (χ2n) is 8.80. The molecule has 0 bridgehead atoms. The van der Waals surface area contributed by atoms with Gasteiger partial charge in [-0.3, -0.25) is 14.0 Å². The van der Waals surface area contributed by atoms with Crippen LogP contribution in [0.25, 0.3) is 0 Å². The minimum Gasteiger partial charge on any atom is -0.465 e. The van der Waals surface area contributed by atoms with Crippen LogP contribution in [0.15, 0.2) is 59.5 Å². The van der Waals surface area contributed by atoms with Gasteiger partial charge >= 0.3 is 5.97 Å². The number of carbonyl (C=O) groups is 2. The third kappa shape index (κ3) is 5.82. The Bertz CT molecular complexity index is 1370. The molecule has 0 spiro atoms. The average molecular weight is 564 g/mol. The molecule has 1 aliphatic rings. The van der Waals surface area contributed by atoms with Crippen LogP contribution in [0.5, 0.6) is 0 Å². The maximum absolute atomic E-state index is 13.1. The molecule has 0 saturated carbocycles. The molecule has 0 unspecified atom stereocenters. The van der Waals surface area contributed by atoms with E-state index >= 15 is 0 Å². The highest BCUT2D eigenvalue weighted by molar-refractivity contribution is 7.92. The van der Waals surface area contributed by atoms with E-state index in [1.54, 1.807) is 24.3 Å². The number of ether oxygens (including phenoxy) is 1. The van der Waals surface area contributed by atoms with Crippen LogP contribution in [0.3, 0.4) is 0 Å². The van der Waals surface area contributed by atoms with E-state index in [4.69, 9.17) is 4.74 Å². The molecule has 11 heteroatoms. The van der Waals surface area contributed by atoms with Gasteiger partial charge in [0.15, 0.2) is 0 Å². The average Bonchev–Trinajstić information content (AvgIpc) is 3.25. The Morgan fingerprint density at radius 3 is 2.32 bits per heavy atom. The predicted octanol–water partition coefficient (Wildman–Crippen LogP) is 4.80. The fourth-order valence-corrected chi connectivity index (χ4v) is 6.61. The van der Waals surface area contributed by atoms with Crippen molar-refractivity contribution in [1.82, 2.24) is 4.90 Å². The van der Waals surface area contributed by atoms with Gasteiger partial charge in [-0.25, -0.2) is 13.2 Å². The Balaban J connectivity index is 0.00000380. The molecule has 1 aromatic heterocycles. The lowest BCUT2D eigenvalue weighted by atomic mass is 10.0. The molecule has 0 radical (unpaired) electrons.